The van der Waals surface area contributed by atoms with Crippen LogP contribution < -0.4 is 5.32 Å². The van der Waals surface area contributed by atoms with E-state index < -0.39 is 0 Å². The molecule has 1 aliphatic carbocycles. The summed E-state index contributed by atoms with van der Waals surface area (Å²) in [6.45, 7) is 7.09. The van der Waals surface area contributed by atoms with Gasteiger partial charge in [0.05, 0.1) is 5.69 Å². The van der Waals surface area contributed by atoms with Crippen LogP contribution in [0, 0.1) is 11.8 Å². The van der Waals surface area contributed by atoms with Crippen LogP contribution in [-0.2, 0) is 0 Å². The van der Waals surface area contributed by atoms with Crippen LogP contribution in [0.4, 0.5) is 5.69 Å². The summed E-state index contributed by atoms with van der Waals surface area (Å²) in [5.74, 6) is 1.51. The Morgan fingerprint density at radius 2 is 1.90 bits per heavy atom. The predicted molar refractivity (Wildman–Crippen MR) is 94.1 cm³/mol. The van der Waals surface area contributed by atoms with Gasteiger partial charge in [-0.2, -0.15) is 0 Å². The number of hydrogen-bond donors (Lipinski definition) is 1. The Labute approximate surface area is 141 Å². The van der Waals surface area contributed by atoms with Crippen molar-refractivity contribution in [3.05, 3.63) is 27.7 Å². The summed E-state index contributed by atoms with van der Waals surface area (Å²) in [6.07, 6.45) is 4.07. The van der Waals surface area contributed by atoms with Crippen molar-refractivity contribution in [3.8, 4) is 0 Å². The standard InChI is InChI=1S/C17H24BrClN2/c1-11(2)21-9-12-4-3-5-13(10-21)17(12)20-16-8-14(19)6-7-15(16)18/h6-8,11-13,17,20H,3-5,9-10H2,1-2H3. The first-order valence-electron chi connectivity index (χ1n) is 8.00. The number of anilines is 1. The number of benzene rings is 1. The number of likely N-dealkylation sites (tertiary alicyclic amines) is 1. The van der Waals surface area contributed by atoms with E-state index in [4.69, 9.17) is 11.6 Å². The third-order valence-electron chi connectivity index (χ3n) is 5.08. The van der Waals surface area contributed by atoms with Gasteiger partial charge in [0.1, 0.15) is 0 Å². The SMILES string of the molecule is CC(C)N1CC2CCCC(C1)C2Nc1cc(Cl)ccc1Br. The van der Waals surface area contributed by atoms with E-state index in [1.54, 1.807) is 0 Å². The molecule has 2 nitrogen and oxygen atoms in total. The summed E-state index contributed by atoms with van der Waals surface area (Å²) >= 11 is 9.79. The smallest absolute Gasteiger partial charge is 0.0501 e. The van der Waals surface area contributed by atoms with E-state index in [0.29, 0.717) is 12.1 Å². The van der Waals surface area contributed by atoms with Crippen molar-refractivity contribution in [1.29, 1.82) is 0 Å². The zero-order valence-electron chi connectivity index (χ0n) is 12.8. The van der Waals surface area contributed by atoms with Gasteiger partial charge in [-0.25, -0.2) is 0 Å². The fraction of sp³-hybridized carbons (Fsp3) is 0.647. The molecule has 116 valence electrons. The van der Waals surface area contributed by atoms with E-state index in [9.17, 15) is 0 Å². The van der Waals surface area contributed by atoms with E-state index in [2.05, 4.69) is 40.0 Å². The number of rotatable bonds is 3. The molecule has 0 amide bonds. The molecule has 3 rings (SSSR count). The highest BCUT2D eigenvalue weighted by molar-refractivity contribution is 9.10. The maximum absolute atomic E-state index is 6.15. The average Bonchev–Trinajstić information content (AvgIpc) is 2.42. The first kappa shape index (κ1) is 15.6. The van der Waals surface area contributed by atoms with Crippen molar-refractivity contribution in [2.24, 2.45) is 11.8 Å². The largest absolute Gasteiger partial charge is 0.381 e. The molecule has 4 heteroatoms. The van der Waals surface area contributed by atoms with Gasteiger partial charge in [-0.15, -0.1) is 0 Å². The van der Waals surface area contributed by atoms with Gasteiger partial charge < -0.3 is 10.2 Å². The van der Waals surface area contributed by atoms with Crippen LogP contribution in [0.1, 0.15) is 33.1 Å². The van der Waals surface area contributed by atoms with Crippen molar-refractivity contribution in [1.82, 2.24) is 4.90 Å². The third kappa shape index (κ3) is 3.40. The van der Waals surface area contributed by atoms with Crippen molar-refractivity contribution in [3.63, 3.8) is 0 Å². The van der Waals surface area contributed by atoms with E-state index in [1.165, 1.54) is 32.4 Å². The second kappa shape index (κ2) is 6.47. The Hall–Kier alpha value is -0.250. The van der Waals surface area contributed by atoms with Gasteiger partial charge in [-0.1, -0.05) is 18.0 Å². The quantitative estimate of drug-likeness (QED) is 0.802. The fourth-order valence-corrected chi connectivity index (χ4v) is 4.45. The van der Waals surface area contributed by atoms with E-state index in [1.807, 2.05) is 18.2 Å². The van der Waals surface area contributed by atoms with Crippen molar-refractivity contribution in [2.45, 2.75) is 45.2 Å². The highest BCUT2D eigenvalue weighted by atomic mass is 79.9. The molecule has 1 aromatic rings. The molecule has 1 aromatic carbocycles. The summed E-state index contributed by atoms with van der Waals surface area (Å²) in [6, 6.07) is 7.24. The lowest BCUT2D eigenvalue weighted by atomic mass is 9.73. The number of nitrogens with one attached hydrogen (secondary N) is 1. The van der Waals surface area contributed by atoms with Crippen molar-refractivity contribution in [2.75, 3.05) is 18.4 Å². The lowest BCUT2D eigenvalue weighted by molar-refractivity contribution is 0.0518. The monoisotopic (exact) mass is 370 g/mol. The van der Waals surface area contributed by atoms with Crippen LogP contribution in [0.2, 0.25) is 5.02 Å². The molecule has 1 saturated heterocycles. The Morgan fingerprint density at radius 3 is 2.52 bits per heavy atom. The summed E-state index contributed by atoms with van der Waals surface area (Å²) in [5, 5.41) is 4.59. The summed E-state index contributed by atoms with van der Waals surface area (Å²) in [7, 11) is 0. The zero-order valence-corrected chi connectivity index (χ0v) is 15.1. The molecule has 0 spiro atoms. The second-order valence-corrected chi connectivity index (χ2v) is 8.08. The number of fused-ring (bicyclic) bond motifs is 2. The average molecular weight is 372 g/mol. The van der Waals surface area contributed by atoms with Crippen molar-refractivity contribution >= 4 is 33.2 Å². The van der Waals surface area contributed by atoms with Crippen LogP contribution in [0.15, 0.2) is 22.7 Å². The lowest BCUT2D eigenvalue weighted by Gasteiger charge is -2.49. The van der Waals surface area contributed by atoms with E-state index >= 15 is 0 Å². The van der Waals surface area contributed by atoms with Crippen LogP contribution in [0.5, 0.6) is 0 Å². The summed E-state index contributed by atoms with van der Waals surface area (Å²) in [5.41, 5.74) is 1.14. The highest BCUT2D eigenvalue weighted by Crippen LogP contribution is 2.38. The molecule has 2 atom stereocenters. The molecule has 1 heterocycles. The number of halogens is 2. The van der Waals surface area contributed by atoms with E-state index in [0.717, 1.165) is 27.0 Å². The van der Waals surface area contributed by atoms with Crippen LogP contribution >= 0.6 is 27.5 Å². The van der Waals surface area contributed by atoms with Gasteiger partial charge in [0, 0.05) is 34.7 Å². The first-order valence-corrected chi connectivity index (χ1v) is 9.17. The molecule has 1 saturated carbocycles. The molecule has 1 aliphatic heterocycles. The highest BCUT2D eigenvalue weighted by Gasteiger charge is 2.40. The molecule has 2 unspecified atom stereocenters. The maximum Gasteiger partial charge on any atom is 0.0501 e. The van der Waals surface area contributed by atoms with Crippen LogP contribution in [0.3, 0.4) is 0 Å². The molecular formula is C17H24BrClN2. The minimum absolute atomic E-state index is 0.587. The van der Waals surface area contributed by atoms with Crippen LogP contribution in [-0.4, -0.2) is 30.1 Å². The molecule has 2 aliphatic rings. The third-order valence-corrected chi connectivity index (χ3v) is 6.01. The van der Waals surface area contributed by atoms with Gasteiger partial charge in [0.25, 0.3) is 0 Å². The minimum atomic E-state index is 0.587. The number of hydrogen-bond acceptors (Lipinski definition) is 2. The first-order chi connectivity index (χ1) is 10.0. The summed E-state index contributed by atoms with van der Waals surface area (Å²) in [4.78, 5) is 2.65. The van der Waals surface area contributed by atoms with E-state index in [-0.39, 0.29) is 0 Å². The van der Waals surface area contributed by atoms with Gasteiger partial charge in [0.15, 0.2) is 0 Å². The van der Waals surface area contributed by atoms with Gasteiger partial charge in [-0.3, -0.25) is 0 Å². The van der Waals surface area contributed by atoms with Gasteiger partial charge in [-0.05, 0) is 72.7 Å². The Kier molecular flexibility index (Phi) is 4.82. The topological polar surface area (TPSA) is 15.3 Å². The molecule has 0 radical (unpaired) electrons. The van der Waals surface area contributed by atoms with Crippen molar-refractivity contribution < 1.29 is 0 Å². The normalized spacial score (nSPS) is 29.7. The van der Waals surface area contributed by atoms with Crippen LogP contribution in [0.25, 0.3) is 0 Å². The summed E-state index contributed by atoms with van der Waals surface area (Å²) < 4.78 is 1.11. The second-order valence-electron chi connectivity index (χ2n) is 6.79. The van der Waals surface area contributed by atoms with Gasteiger partial charge >= 0.3 is 0 Å². The Morgan fingerprint density at radius 1 is 1.24 bits per heavy atom. The minimum Gasteiger partial charge on any atom is -0.381 e. The molecule has 21 heavy (non-hydrogen) atoms. The molecule has 1 N–H and O–H groups in total. The fourth-order valence-electron chi connectivity index (χ4n) is 3.92. The maximum atomic E-state index is 6.15. The molecular weight excluding hydrogens is 348 g/mol. The Balaban J connectivity index is 1.78. The number of nitrogens with zero attached hydrogens (tertiary/aromatic N) is 1. The van der Waals surface area contributed by atoms with Gasteiger partial charge in [0.2, 0.25) is 0 Å². The zero-order chi connectivity index (χ0) is 15.0. The number of piperidine rings is 1. The molecule has 2 fully saturated rings. The lowest BCUT2D eigenvalue weighted by Crippen LogP contribution is -2.56. The molecule has 2 bridgehead atoms. The predicted octanol–water partition coefficient (Wildman–Crippen LogP) is 5.02. The Bertz CT molecular complexity index is 492. The molecule has 0 aromatic heterocycles.